The first kappa shape index (κ1) is 26.0. The summed E-state index contributed by atoms with van der Waals surface area (Å²) in [4.78, 5) is 0. The molecule has 0 atom stereocenters. The number of para-hydroxylation sites is 2. The number of fused-ring (bicyclic) bond motifs is 2. The zero-order chi connectivity index (χ0) is 28.2. The molecular formula is C36H33BO3Si. The maximum atomic E-state index is 6.87. The van der Waals surface area contributed by atoms with Gasteiger partial charge >= 0.3 is 7.12 Å². The average molecular weight is 553 g/mol. The first-order valence-electron chi connectivity index (χ1n) is 14.3. The Morgan fingerprint density at radius 1 is 0.561 bits per heavy atom. The van der Waals surface area contributed by atoms with Crippen LogP contribution in [-0.4, -0.2) is 26.4 Å². The van der Waals surface area contributed by atoms with Gasteiger partial charge in [-0.15, -0.1) is 0 Å². The molecule has 0 amide bonds. The maximum Gasteiger partial charge on any atom is 0.494 e. The molecule has 202 valence electrons. The molecule has 5 heteroatoms. The molecule has 2 aliphatic heterocycles. The zero-order valence-electron chi connectivity index (χ0n) is 23.9. The minimum atomic E-state index is -2.69. The van der Waals surface area contributed by atoms with Crippen molar-refractivity contribution >= 4 is 41.4 Å². The van der Waals surface area contributed by atoms with E-state index in [4.69, 9.17) is 14.0 Å². The van der Waals surface area contributed by atoms with Crippen molar-refractivity contribution in [3.05, 3.63) is 127 Å². The minimum Gasteiger partial charge on any atom is -0.457 e. The van der Waals surface area contributed by atoms with Crippen LogP contribution >= 0.6 is 0 Å². The lowest BCUT2D eigenvalue weighted by Gasteiger charge is -2.40. The number of ether oxygens (including phenoxy) is 1. The van der Waals surface area contributed by atoms with Crippen LogP contribution in [0, 0.1) is 0 Å². The Morgan fingerprint density at radius 3 is 1.78 bits per heavy atom. The second kappa shape index (κ2) is 9.59. The predicted octanol–water partition coefficient (Wildman–Crippen LogP) is 5.14. The lowest BCUT2D eigenvalue weighted by Crippen LogP contribution is -2.76. The summed E-state index contributed by atoms with van der Waals surface area (Å²) in [6.45, 7) is 8.36. The van der Waals surface area contributed by atoms with Gasteiger partial charge in [-0.1, -0.05) is 121 Å². The van der Waals surface area contributed by atoms with E-state index in [0.717, 1.165) is 28.1 Å². The summed E-state index contributed by atoms with van der Waals surface area (Å²) in [5.41, 5.74) is 2.35. The van der Waals surface area contributed by atoms with E-state index < -0.39 is 26.4 Å². The van der Waals surface area contributed by atoms with Crippen LogP contribution in [-0.2, 0) is 9.31 Å². The minimum absolute atomic E-state index is 0.400. The fraction of sp³-hybridized carbons (Fsp3) is 0.167. The van der Waals surface area contributed by atoms with Crippen molar-refractivity contribution in [2.45, 2.75) is 38.9 Å². The first-order chi connectivity index (χ1) is 19.8. The van der Waals surface area contributed by atoms with Crippen molar-refractivity contribution in [3.8, 4) is 22.6 Å². The Hall–Kier alpha value is -3.90. The van der Waals surface area contributed by atoms with Crippen molar-refractivity contribution in [1.82, 2.24) is 0 Å². The van der Waals surface area contributed by atoms with Crippen LogP contribution in [0.15, 0.2) is 127 Å². The molecule has 2 aliphatic rings. The summed E-state index contributed by atoms with van der Waals surface area (Å²) in [7, 11) is -3.12. The molecule has 0 unspecified atom stereocenters. The molecular weight excluding hydrogens is 519 g/mol. The molecule has 41 heavy (non-hydrogen) atoms. The summed E-state index contributed by atoms with van der Waals surface area (Å²) >= 11 is 0. The standard InChI is InChI=1S/C36H33BO3Si/c1-35(2)36(3,4)40-37(39-35)27-16-13-15-26(25-27)30-21-14-24-33-34(30)38-31-22-11-12-23-32(31)41(33,28-17-7-5-8-18-28)29-19-9-6-10-20-29/h5-25H,1-4H3. The highest BCUT2D eigenvalue weighted by Gasteiger charge is 2.52. The van der Waals surface area contributed by atoms with Crippen LogP contribution in [0.25, 0.3) is 11.1 Å². The summed E-state index contributed by atoms with van der Waals surface area (Å²) in [6.07, 6.45) is 0. The summed E-state index contributed by atoms with van der Waals surface area (Å²) < 4.78 is 19.7. The molecule has 2 heterocycles. The number of rotatable bonds is 4. The highest BCUT2D eigenvalue weighted by Crippen LogP contribution is 2.39. The Labute approximate surface area is 243 Å². The van der Waals surface area contributed by atoms with Crippen molar-refractivity contribution in [2.24, 2.45) is 0 Å². The van der Waals surface area contributed by atoms with Gasteiger partial charge in [0.05, 0.1) is 11.2 Å². The van der Waals surface area contributed by atoms with Gasteiger partial charge in [0.2, 0.25) is 0 Å². The molecule has 3 nitrogen and oxygen atoms in total. The topological polar surface area (TPSA) is 27.7 Å². The van der Waals surface area contributed by atoms with Gasteiger partial charge in [-0.25, -0.2) is 0 Å². The molecule has 1 fully saturated rings. The molecule has 0 aromatic heterocycles. The molecule has 0 saturated carbocycles. The lowest BCUT2D eigenvalue weighted by molar-refractivity contribution is 0.00578. The predicted molar refractivity (Wildman–Crippen MR) is 171 cm³/mol. The lowest BCUT2D eigenvalue weighted by atomic mass is 9.78. The normalized spacial score (nSPS) is 17.8. The summed E-state index contributed by atoms with van der Waals surface area (Å²) in [6, 6.07) is 45.7. The van der Waals surface area contributed by atoms with Gasteiger partial charge in [-0.3, -0.25) is 0 Å². The Balaban J connectivity index is 1.45. The fourth-order valence-corrected chi connectivity index (χ4v) is 11.3. The van der Waals surface area contributed by atoms with E-state index in [1.165, 1.54) is 20.7 Å². The van der Waals surface area contributed by atoms with Crippen LogP contribution < -0.4 is 30.9 Å². The second-order valence-corrected chi connectivity index (χ2v) is 15.7. The molecule has 0 bridgehead atoms. The SMILES string of the molecule is CC1(C)OB(c2cccc(-c3cccc4c3Oc3ccccc3[Si]4(c3ccccc3)c3ccccc3)c2)OC1(C)C. The monoisotopic (exact) mass is 552 g/mol. The Bertz CT molecular complexity index is 1680. The van der Waals surface area contributed by atoms with Crippen molar-refractivity contribution < 1.29 is 14.0 Å². The Kier molecular flexibility index (Phi) is 6.09. The highest BCUT2D eigenvalue weighted by molar-refractivity contribution is 7.20. The molecule has 7 rings (SSSR count). The van der Waals surface area contributed by atoms with Gasteiger partial charge in [-0.2, -0.15) is 0 Å². The van der Waals surface area contributed by atoms with E-state index in [-0.39, 0.29) is 0 Å². The second-order valence-electron chi connectivity index (χ2n) is 12.0. The van der Waals surface area contributed by atoms with Crippen molar-refractivity contribution in [1.29, 1.82) is 0 Å². The van der Waals surface area contributed by atoms with Crippen molar-refractivity contribution in [3.63, 3.8) is 0 Å². The van der Waals surface area contributed by atoms with Gasteiger partial charge in [0.25, 0.3) is 0 Å². The quantitative estimate of drug-likeness (QED) is 0.284. The molecule has 1 saturated heterocycles. The third-order valence-electron chi connectivity index (χ3n) is 9.06. The number of benzene rings is 5. The summed E-state index contributed by atoms with van der Waals surface area (Å²) in [5, 5.41) is 5.21. The van der Waals surface area contributed by atoms with Gasteiger partial charge in [-0.05, 0) is 65.5 Å². The zero-order valence-corrected chi connectivity index (χ0v) is 24.9. The maximum absolute atomic E-state index is 6.87. The third-order valence-corrected chi connectivity index (χ3v) is 13.9. The van der Waals surface area contributed by atoms with Gasteiger partial charge in [0.1, 0.15) is 11.5 Å². The van der Waals surface area contributed by atoms with E-state index in [0.29, 0.717) is 0 Å². The van der Waals surface area contributed by atoms with Crippen LogP contribution in [0.1, 0.15) is 27.7 Å². The largest absolute Gasteiger partial charge is 0.494 e. The van der Waals surface area contributed by atoms with Crippen LogP contribution in [0.4, 0.5) is 0 Å². The number of hydrogen-bond donors (Lipinski definition) is 0. The van der Waals surface area contributed by atoms with Gasteiger partial charge in [0.15, 0.2) is 8.07 Å². The van der Waals surface area contributed by atoms with E-state index in [1.54, 1.807) is 0 Å². The van der Waals surface area contributed by atoms with E-state index in [1.807, 2.05) is 0 Å². The molecule has 0 N–H and O–H groups in total. The summed E-state index contributed by atoms with van der Waals surface area (Å²) in [5.74, 6) is 1.85. The van der Waals surface area contributed by atoms with Crippen LogP contribution in [0.2, 0.25) is 0 Å². The smallest absolute Gasteiger partial charge is 0.457 e. The average Bonchev–Trinajstić information content (AvgIpc) is 3.23. The van der Waals surface area contributed by atoms with Gasteiger partial charge in [0, 0.05) is 5.56 Å². The van der Waals surface area contributed by atoms with Crippen LogP contribution in [0.3, 0.4) is 0 Å². The molecule has 0 aliphatic carbocycles. The van der Waals surface area contributed by atoms with E-state index in [9.17, 15) is 0 Å². The van der Waals surface area contributed by atoms with E-state index >= 15 is 0 Å². The molecule has 5 aromatic carbocycles. The van der Waals surface area contributed by atoms with Gasteiger partial charge < -0.3 is 14.0 Å². The van der Waals surface area contributed by atoms with E-state index in [2.05, 4.69) is 155 Å². The highest BCUT2D eigenvalue weighted by atomic mass is 28.3. The number of hydrogen-bond acceptors (Lipinski definition) is 3. The third kappa shape index (κ3) is 4.03. The van der Waals surface area contributed by atoms with Crippen LogP contribution in [0.5, 0.6) is 11.5 Å². The molecule has 5 aromatic rings. The molecule has 0 spiro atoms. The first-order valence-corrected chi connectivity index (χ1v) is 16.3. The van der Waals surface area contributed by atoms with Crippen molar-refractivity contribution in [2.75, 3.05) is 0 Å². The molecule has 0 radical (unpaired) electrons. The Morgan fingerprint density at radius 2 is 1.12 bits per heavy atom. The fourth-order valence-electron chi connectivity index (χ4n) is 6.29.